The normalized spacial score (nSPS) is 10.8. The maximum atomic E-state index is 13.5. The van der Waals surface area contributed by atoms with Gasteiger partial charge in [-0.3, -0.25) is 0 Å². The lowest BCUT2D eigenvalue weighted by molar-refractivity contribution is 0.0690. The van der Waals surface area contributed by atoms with Crippen LogP contribution in [0.3, 0.4) is 0 Å². The number of aromatic carboxylic acids is 1. The van der Waals surface area contributed by atoms with Crippen molar-refractivity contribution in [3.63, 3.8) is 0 Å². The summed E-state index contributed by atoms with van der Waals surface area (Å²) in [6.45, 7) is 3.36. The molecule has 3 nitrogen and oxygen atoms in total. The van der Waals surface area contributed by atoms with E-state index in [0.29, 0.717) is 0 Å². The quantitative estimate of drug-likeness (QED) is 0.877. The minimum atomic E-state index is -1.33. The van der Waals surface area contributed by atoms with Crippen molar-refractivity contribution in [2.45, 2.75) is 19.8 Å². The van der Waals surface area contributed by atoms with Crippen molar-refractivity contribution in [1.29, 1.82) is 0 Å². The van der Waals surface area contributed by atoms with Gasteiger partial charge in [-0.05, 0) is 5.92 Å². The van der Waals surface area contributed by atoms with E-state index in [0.717, 1.165) is 0 Å². The highest BCUT2D eigenvalue weighted by molar-refractivity contribution is 6.43. The van der Waals surface area contributed by atoms with Gasteiger partial charge in [0, 0.05) is 0 Å². The van der Waals surface area contributed by atoms with E-state index < -0.39 is 22.5 Å². The number of aromatic nitrogens is 1. The van der Waals surface area contributed by atoms with E-state index >= 15 is 0 Å². The highest BCUT2D eigenvalue weighted by Crippen LogP contribution is 2.31. The van der Waals surface area contributed by atoms with Crippen LogP contribution in [0.25, 0.3) is 0 Å². The largest absolute Gasteiger partial charge is 0.476 e. The SMILES string of the molecule is CC(C)c1nc(C(=O)O)c(Cl)c(Cl)c1F. The van der Waals surface area contributed by atoms with Crippen LogP contribution in [-0.2, 0) is 0 Å². The Bertz CT molecular complexity index is 421. The van der Waals surface area contributed by atoms with Crippen LogP contribution in [0.1, 0.15) is 35.9 Å². The molecule has 0 unspecified atom stereocenters. The molecule has 0 aliphatic heterocycles. The van der Waals surface area contributed by atoms with E-state index in [1.807, 2.05) is 0 Å². The van der Waals surface area contributed by atoms with Crippen LogP contribution >= 0.6 is 23.2 Å². The lowest BCUT2D eigenvalue weighted by Gasteiger charge is -2.10. The monoisotopic (exact) mass is 251 g/mol. The van der Waals surface area contributed by atoms with Gasteiger partial charge in [-0.1, -0.05) is 37.0 Å². The first-order chi connectivity index (χ1) is 6.86. The van der Waals surface area contributed by atoms with Gasteiger partial charge in [0.15, 0.2) is 11.5 Å². The van der Waals surface area contributed by atoms with Crippen molar-refractivity contribution in [2.24, 2.45) is 0 Å². The average Bonchev–Trinajstić information content (AvgIpc) is 2.13. The fraction of sp³-hybridized carbons (Fsp3) is 0.333. The van der Waals surface area contributed by atoms with Crippen molar-refractivity contribution < 1.29 is 14.3 Å². The van der Waals surface area contributed by atoms with Crippen molar-refractivity contribution >= 4 is 29.2 Å². The van der Waals surface area contributed by atoms with Crippen molar-refractivity contribution in [1.82, 2.24) is 4.98 Å². The number of carboxylic acids is 1. The van der Waals surface area contributed by atoms with E-state index in [-0.39, 0.29) is 16.6 Å². The third kappa shape index (κ3) is 2.21. The second-order valence-corrected chi connectivity index (χ2v) is 4.00. The minimum absolute atomic E-state index is 0.00167. The van der Waals surface area contributed by atoms with Gasteiger partial charge < -0.3 is 5.11 Å². The summed E-state index contributed by atoms with van der Waals surface area (Å²) >= 11 is 11.1. The van der Waals surface area contributed by atoms with Crippen molar-refractivity contribution in [2.75, 3.05) is 0 Å². The average molecular weight is 252 g/mol. The molecular weight excluding hydrogens is 244 g/mol. The third-order valence-corrected chi connectivity index (χ3v) is 2.62. The standard InChI is InChI=1S/C9H8Cl2FNO2/c1-3(2)7-6(12)4(10)5(11)8(13-7)9(14)15/h3H,1-2H3,(H,14,15). The van der Waals surface area contributed by atoms with Gasteiger partial charge >= 0.3 is 5.97 Å². The number of hydrogen-bond acceptors (Lipinski definition) is 2. The highest BCUT2D eigenvalue weighted by atomic mass is 35.5. The van der Waals surface area contributed by atoms with E-state index in [4.69, 9.17) is 28.3 Å². The summed E-state index contributed by atoms with van der Waals surface area (Å²) in [5, 5.41) is 7.99. The molecule has 0 amide bonds. The fourth-order valence-corrected chi connectivity index (χ4v) is 1.45. The molecule has 6 heteroatoms. The molecule has 1 aromatic rings. The van der Waals surface area contributed by atoms with Crippen LogP contribution in [0.5, 0.6) is 0 Å². The van der Waals surface area contributed by atoms with E-state index in [2.05, 4.69) is 4.98 Å². The number of pyridine rings is 1. The van der Waals surface area contributed by atoms with E-state index in [9.17, 15) is 9.18 Å². The summed E-state index contributed by atoms with van der Waals surface area (Å²) in [7, 11) is 0. The van der Waals surface area contributed by atoms with Crippen LogP contribution in [0, 0.1) is 5.82 Å². The highest BCUT2D eigenvalue weighted by Gasteiger charge is 2.22. The van der Waals surface area contributed by atoms with Gasteiger partial charge in [-0.2, -0.15) is 0 Å². The summed E-state index contributed by atoms with van der Waals surface area (Å²) in [6, 6.07) is 0. The van der Waals surface area contributed by atoms with E-state index in [1.54, 1.807) is 13.8 Å². The maximum absolute atomic E-state index is 13.5. The summed E-state index contributed by atoms with van der Waals surface area (Å²) in [5.74, 6) is -2.36. The summed E-state index contributed by atoms with van der Waals surface area (Å²) in [5.41, 5.74) is -0.423. The van der Waals surface area contributed by atoms with Gasteiger partial charge in [-0.15, -0.1) is 0 Å². The van der Waals surface area contributed by atoms with E-state index in [1.165, 1.54) is 0 Å². The molecule has 0 saturated heterocycles. The molecule has 0 atom stereocenters. The zero-order chi connectivity index (χ0) is 11.7. The predicted molar refractivity (Wildman–Crippen MR) is 55.3 cm³/mol. The molecule has 1 rings (SSSR count). The van der Waals surface area contributed by atoms with Crippen molar-refractivity contribution in [3.8, 4) is 0 Å². The zero-order valence-corrected chi connectivity index (χ0v) is 9.53. The Balaban J connectivity index is 3.52. The third-order valence-electron chi connectivity index (χ3n) is 1.80. The molecule has 0 aromatic carbocycles. The van der Waals surface area contributed by atoms with Crippen molar-refractivity contribution in [3.05, 3.63) is 27.3 Å². The number of carbonyl (C=O) groups is 1. The van der Waals surface area contributed by atoms with Gasteiger partial charge in [-0.25, -0.2) is 14.2 Å². The van der Waals surface area contributed by atoms with Gasteiger partial charge in [0.05, 0.1) is 15.7 Å². The summed E-state index contributed by atoms with van der Waals surface area (Å²) in [6.07, 6.45) is 0. The Morgan fingerprint density at radius 2 is 1.93 bits per heavy atom. The molecule has 1 N–H and O–H groups in total. The molecule has 82 valence electrons. The van der Waals surface area contributed by atoms with Gasteiger partial charge in [0.1, 0.15) is 0 Å². The number of halogens is 3. The molecule has 0 bridgehead atoms. The van der Waals surface area contributed by atoms with Crippen LogP contribution in [0.4, 0.5) is 4.39 Å². The Kier molecular flexibility index (Phi) is 3.52. The number of carboxylic acid groups (broad SMARTS) is 1. The van der Waals surface area contributed by atoms with Gasteiger partial charge in [0.2, 0.25) is 0 Å². The minimum Gasteiger partial charge on any atom is -0.476 e. The lowest BCUT2D eigenvalue weighted by Crippen LogP contribution is -2.08. The van der Waals surface area contributed by atoms with Crippen LogP contribution in [0.15, 0.2) is 0 Å². The summed E-state index contributed by atoms with van der Waals surface area (Å²) in [4.78, 5) is 14.4. The second-order valence-electron chi connectivity index (χ2n) is 3.25. The zero-order valence-electron chi connectivity index (χ0n) is 8.01. The van der Waals surface area contributed by atoms with Crippen LogP contribution < -0.4 is 0 Å². The smallest absolute Gasteiger partial charge is 0.356 e. The molecule has 0 spiro atoms. The number of rotatable bonds is 2. The molecule has 1 aromatic heterocycles. The fourth-order valence-electron chi connectivity index (χ4n) is 1.06. The first-order valence-corrected chi connectivity index (χ1v) is 4.89. The Hall–Kier alpha value is -0.870. The molecule has 0 aliphatic rings. The maximum Gasteiger partial charge on any atom is 0.356 e. The molecule has 1 heterocycles. The number of nitrogens with zero attached hydrogens (tertiary/aromatic N) is 1. The lowest BCUT2D eigenvalue weighted by atomic mass is 10.1. The Morgan fingerprint density at radius 3 is 2.33 bits per heavy atom. The van der Waals surface area contributed by atoms with Gasteiger partial charge in [0.25, 0.3) is 0 Å². The molecule has 0 aliphatic carbocycles. The molecule has 0 saturated carbocycles. The summed E-state index contributed by atoms with van der Waals surface area (Å²) < 4.78 is 13.5. The number of hydrogen-bond donors (Lipinski definition) is 1. The first-order valence-electron chi connectivity index (χ1n) is 4.14. The molecule has 15 heavy (non-hydrogen) atoms. The molecule has 0 fully saturated rings. The van der Waals surface area contributed by atoms with Crippen LogP contribution in [-0.4, -0.2) is 16.1 Å². The Morgan fingerprint density at radius 1 is 1.40 bits per heavy atom. The topological polar surface area (TPSA) is 50.2 Å². The second kappa shape index (κ2) is 4.33. The predicted octanol–water partition coefficient (Wildman–Crippen LogP) is 3.35. The Labute approximate surface area is 95.8 Å². The molecule has 0 radical (unpaired) electrons. The molecular formula is C9H8Cl2FNO2. The first kappa shape index (κ1) is 12.2. The van der Waals surface area contributed by atoms with Crippen LogP contribution in [0.2, 0.25) is 10.0 Å².